The highest BCUT2D eigenvalue weighted by molar-refractivity contribution is 4.61. The van der Waals surface area contributed by atoms with Crippen molar-refractivity contribution in [2.24, 2.45) is 5.92 Å². The van der Waals surface area contributed by atoms with E-state index in [4.69, 9.17) is 0 Å². The molecule has 0 saturated heterocycles. The summed E-state index contributed by atoms with van der Waals surface area (Å²) in [4.78, 5) is 2.79. The molecule has 0 radical (unpaired) electrons. The van der Waals surface area contributed by atoms with Gasteiger partial charge in [-0.25, -0.2) is 0 Å². The van der Waals surface area contributed by atoms with Crippen molar-refractivity contribution in [1.82, 2.24) is 4.90 Å². The zero-order valence-corrected chi connectivity index (χ0v) is 19.2. The SMILES string of the molecule is CCCCCCCCCN(CCCCCCCCC)CCCCC(C)C. The van der Waals surface area contributed by atoms with E-state index in [1.807, 2.05) is 0 Å². The van der Waals surface area contributed by atoms with Crippen LogP contribution < -0.4 is 0 Å². The molecule has 158 valence electrons. The van der Waals surface area contributed by atoms with Gasteiger partial charge in [-0.15, -0.1) is 0 Å². The highest BCUT2D eigenvalue weighted by Gasteiger charge is 2.05. The lowest BCUT2D eigenvalue weighted by Crippen LogP contribution is -2.27. The Hall–Kier alpha value is -0.0400. The van der Waals surface area contributed by atoms with E-state index in [1.165, 1.54) is 129 Å². The third-order valence-electron chi connectivity index (χ3n) is 5.66. The van der Waals surface area contributed by atoms with E-state index in [0.29, 0.717) is 0 Å². The Morgan fingerprint density at radius 3 is 1.19 bits per heavy atom. The topological polar surface area (TPSA) is 3.24 Å². The van der Waals surface area contributed by atoms with Gasteiger partial charge in [0.05, 0.1) is 0 Å². The van der Waals surface area contributed by atoms with Crippen LogP contribution in [0.5, 0.6) is 0 Å². The highest BCUT2D eigenvalue weighted by Crippen LogP contribution is 2.12. The lowest BCUT2D eigenvalue weighted by atomic mass is 10.1. The van der Waals surface area contributed by atoms with Crippen LogP contribution in [0.25, 0.3) is 0 Å². The molecular weight excluding hydrogens is 314 g/mol. The first-order chi connectivity index (χ1) is 12.7. The zero-order chi connectivity index (χ0) is 19.3. The molecule has 0 unspecified atom stereocenters. The van der Waals surface area contributed by atoms with Crippen molar-refractivity contribution < 1.29 is 0 Å². The Morgan fingerprint density at radius 1 is 0.462 bits per heavy atom. The van der Waals surface area contributed by atoms with Crippen LogP contribution in [-0.2, 0) is 0 Å². The number of unbranched alkanes of at least 4 members (excludes halogenated alkanes) is 13. The van der Waals surface area contributed by atoms with Crippen LogP contribution in [0.3, 0.4) is 0 Å². The first-order valence-corrected chi connectivity index (χ1v) is 12.4. The predicted octanol–water partition coefficient (Wildman–Crippen LogP) is 8.62. The minimum atomic E-state index is 0.870. The van der Waals surface area contributed by atoms with Gasteiger partial charge in [0.1, 0.15) is 0 Å². The molecule has 0 aromatic carbocycles. The largest absolute Gasteiger partial charge is 0.303 e. The minimum absolute atomic E-state index is 0.870. The molecule has 0 N–H and O–H groups in total. The van der Waals surface area contributed by atoms with Gasteiger partial charge < -0.3 is 4.90 Å². The van der Waals surface area contributed by atoms with E-state index < -0.39 is 0 Å². The van der Waals surface area contributed by atoms with Crippen molar-refractivity contribution in [3.05, 3.63) is 0 Å². The predicted molar refractivity (Wildman–Crippen MR) is 121 cm³/mol. The van der Waals surface area contributed by atoms with Crippen molar-refractivity contribution in [2.45, 2.75) is 137 Å². The molecule has 0 aromatic rings. The van der Waals surface area contributed by atoms with Gasteiger partial charge in [-0.2, -0.15) is 0 Å². The van der Waals surface area contributed by atoms with E-state index in [0.717, 1.165) is 5.92 Å². The number of rotatable bonds is 21. The first kappa shape index (κ1) is 26.0. The summed E-state index contributed by atoms with van der Waals surface area (Å²) in [5.41, 5.74) is 0. The van der Waals surface area contributed by atoms with Crippen molar-refractivity contribution in [2.75, 3.05) is 19.6 Å². The van der Waals surface area contributed by atoms with E-state index in [2.05, 4.69) is 32.6 Å². The third kappa shape index (κ3) is 20.3. The number of nitrogens with zero attached hydrogens (tertiary/aromatic N) is 1. The quantitative estimate of drug-likeness (QED) is 0.183. The highest BCUT2D eigenvalue weighted by atomic mass is 15.1. The van der Waals surface area contributed by atoms with E-state index in [-0.39, 0.29) is 0 Å². The van der Waals surface area contributed by atoms with Gasteiger partial charge in [-0.05, 0) is 44.8 Å². The molecule has 0 aliphatic heterocycles. The van der Waals surface area contributed by atoms with E-state index >= 15 is 0 Å². The van der Waals surface area contributed by atoms with Crippen LogP contribution in [0.2, 0.25) is 0 Å². The van der Waals surface area contributed by atoms with Crippen molar-refractivity contribution in [3.63, 3.8) is 0 Å². The molecule has 0 bridgehead atoms. The van der Waals surface area contributed by atoms with Gasteiger partial charge in [-0.3, -0.25) is 0 Å². The summed E-state index contributed by atoms with van der Waals surface area (Å²) >= 11 is 0. The Labute approximate surface area is 167 Å². The maximum atomic E-state index is 2.79. The smallest absolute Gasteiger partial charge is 0.00187 e. The number of hydrogen-bond donors (Lipinski definition) is 0. The van der Waals surface area contributed by atoms with E-state index in [1.54, 1.807) is 0 Å². The van der Waals surface area contributed by atoms with Crippen LogP contribution in [0, 0.1) is 5.92 Å². The average molecular weight is 368 g/mol. The first-order valence-electron chi connectivity index (χ1n) is 12.4. The van der Waals surface area contributed by atoms with Gasteiger partial charge in [0, 0.05) is 0 Å². The summed E-state index contributed by atoms with van der Waals surface area (Å²) in [5.74, 6) is 0.870. The average Bonchev–Trinajstić information content (AvgIpc) is 2.62. The van der Waals surface area contributed by atoms with Crippen LogP contribution in [0.4, 0.5) is 0 Å². The Morgan fingerprint density at radius 2 is 0.808 bits per heavy atom. The van der Waals surface area contributed by atoms with Crippen LogP contribution in [-0.4, -0.2) is 24.5 Å². The molecule has 0 aliphatic carbocycles. The van der Waals surface area contributed by atoms with Crippen LogP contribution >= 0.6 is 0 Å². The van der Waals surface area contributed by atoms with Gasteiger partial charge in [-0.1, -0.05) is 118 Å². The molecule has 0 heterocycles. The summed E-state index contributed by atoms with van der Waals surface area (Å²) in [6.45, 7) is 13.4. The fourth-order valence-electron chi connectivity index (χ4n) is 3.81. The standard InChI is InChI=1S/C25H53N/c1-5-7-9-11-13-15-18-22-26(24-20-17-21-25(3)4)23-19-16-14-12-10-8-6-2/h25H,5-24H2,1-4H3. The maximum Gasteiger partial charge on any atom is -0.00187 e. The molecule has 0 fully saturated rings. The summed E-state index contributed by atoms with van der Waals surface area (Å²) in [7, 11) is 0. The number of hydrogen-bond acceptors (Lipinski definition) is 1. The van der Waals surface area contributed by atoms with Crippen LogP contribution in [0.15, 0.2) is 0 Å². The maximum absolute atomic E-state index is 2.79. The summed E-state index contributed by atoms with van der Waals surface area (Å²) in [6.07, 6.45) is 24.3. The molecule has 0 rings (SSSR count). The van der Waals surface area contributed by atoms with Crippen LogP contribution in [0.1, 0.15) is 137 Å². The van der Waals surface area contributed by atoms with Crippen molar-refractivity contribution in [1.29, 1.82) is 0 Å². The molecule has 0 atom stereocenters. The van der Waals surface area contributed by atoms with Gasteiger partial charge in [0.2, 0.25) is 0 Å². The Bertz CT molecular complexity index is 231. The third-order valence-corrected chi connectivity index (χ3v) is 5.66. The Kier molecular flexibility index (Phi) is 21.2. The molecule has 0 saturated carbocycles. The summed E-state index contributed by atoms with van der Waals surface area (Å²) < 4.78 is 0. The Balaban J connectivity index is 3.79. The molecule has 1 heteroatoms. The second-order valence-corrected chi connectivity index (χ2v) is 8.97. The lowest BCUT2D eigenvalue weighted by Gasteiger charge is -2.22. The molecule has 0 aliphatic rings. The second-order valence-electron chi connectivity index (χ2n) is 8.97. The summed E-state index contributed by atoms with van der Waals surface area (Å²) in [5, 5.41) is 0. The fourth-order valence-corrected chi connectivity index (χ4v) is 3.81. The monoisotopic (exact) mass is 367 g/mol. The van der Waals surface area contributed by atoms with Crippen molar-refractivity contribution >= 4 is 0 Å². The minimum Gasteiger partial charge on any atom is -0.303 e. The van der Waals surface area contributed by atoms with Crippen molar-refractivity contribution in [3.8, 4) is 0 Å². The molecule has 0 spiro atoms. The van der Waals surface area contributed by atoms with Gasteiger partial charge in [0.15, 0.2) is 0 Å². The second kappa shape index (κ2) is 21.3. The van der Waals surface area contributed by atoms with Gasteiger partial charge >= 0.3 is 0 Å². The summed E-state index contributed by atoms with van der Waals surface area (Å²) in [6, 6.07) is 0. The molecular formula is C25H53N. The molecule has 26 heavy (non-hydrogen) atoms. The molecule has 0 aromatic heterocycles. The lowest BCUT2D eigenvalue weighted by molar-refractivity contribution is 0.252. The normalized spacial score (nSPS) is 11.8. The fraction of sp³-hybridized carbons (Fsp3) is 1.00. The zero-order valence-electron chi connectivity index (χ0n) is 19.2. The van der Waals surface area contributed by atoms with Gasteiger partial charge in [0.25, 0.3) is 0 Å². The molecule has 1 nitrogen and oxygen atoms in total. The molecule has 0 amide bonds. The van der Waals surface area contributed by atoms with E-state index in [9.17, 15) is 0 Å².